The van der Waals surface area contributed by atoms with Crippen LogP contribution >= 0.6 is 0 Å². The molecule has 1 saturated heterocycles. The molecule has 1 heterocycles. The molecule has 0 radical (unpaired) electrons. The zero-order valence-corrected chi connectivity index (χ0v) is 9.24. The highest BCUT2D eigenvalue weighted by molar-refractivity contribution is 5.24. The van der Waals surface area contributed by atoms with E-state index in [1.54, 1.807) is 0 Å². The van der Waals surface area contributed by atoms with Crippen molar-refractivity contribution in [2.45, 2.75) is 25.9 Å². The Balaban J connectivity index is 1.97. The van der Waals surface area contributed by atoms with Crippen LogP contribution < -0.4 is 5.32 Å². The lowest BCUT2D eigenvalue weighted by atomic mass is 9.95. The van der Waals surface area contributed by atoms with Crippen molar-refractivity contribution in [2.75, 3.05) is 13.1 Å². The van der Waals surface area contributed by atoms with Gasteiger partial charge in [-0.15, -0.1) is 0 Å². The van der Waals surface area contributed by atoms with Crippen molar-refractivity contribution in [2.24, 2.45) is 5.92 Å². The molecule has 15 heavy (non-hydrogen) atoms. The fraction of sp³-hybridized carbons (Fsp3) is 0.538. The third kappa shape index (κ3) is 2.80. The molecule has 2 rings (SSSR count). The second kappa shape index (κ2) is 4.77. The van der Waals surface area contributed by atoms with Crippen LogP contribution in [-0.2, 0) is 0 Å². The molecule has 2 heteroatoms. The van der Waals surface area contributed by atoms with Crippen molar-refractivity contribution in [1.29, 1.82) is 0 Å². The summed E-state index contributed by atoms with van der Waals surface area (Å²) in [4.78, 5) is 0. The minimum atomic E-state index is -0.296. The van der Waals surface area contributed by atoms with Gasteiger partial charge in [0.1, 0.15) is 0 Å². The Morgan fingerprint density at radius 2 is 2.40 bits per heavy atom. The first-order chi connectivity index (χ1) is 7.25. The number of aliphatic hydroxyl groups excluding tert-OH is 1. The predicted octanol–water partition coefficient (Wildman–Crippen LogP) is 2.03. The van der Waals surface area contributed by atoms with Gasteiger partial charge in [0.25, 0.3) is 0 Å². The van der Waals surface area contributed by atoms with Crippen LogP contribution in [0.2, 0.25) is 0 Å². The summed E-state index contributed by atoms with van der Waals surface area (Å²) in [5.41, 5.74) is 2.28. The first-order valence-electron chi connectivity index (χ1n) is 5.71. The van der Waals surface area contributed by atoms with Crippen LogP contribution in [0.3, 0.4) is 0 Å². The number of hydrogen-bond donors (Lipinski definition) is 2. The molecule has 0 spiro atoms. The zero-order chi connectivity index (χ0) is 10.7. The second-order valence-corrected chi connectivity index (χ2v) is 4.52. The molecule has 2 atom stereocenters. The zero-order valence-electron chi connectivity index (χ0n) is 9.24. The summed E-state index contributed by atoms with van der Waals surface area (Å²) in [6.45, 7) is 4.22. The number of hydrogen-bond acceptors (Lipinski definition) is 2. The van der Waals surface area contributed by atoms with Gasteiger partial charge in [-0.2, -0.15) is 0 Å². The number of rotatable bonds is 3. The third-order valence-electron chi connectivity index (χ3n) is 3.15. The van der Waals surface area contributed by atoms with Gasteiger partial charge in [-0.3, -0.25) is 0 Å². The molecule has 1 aliphatic rings. The van der Waals surface area contributed by atoms with Crippen LogP contribution in [0.25, 0.3) is 0 Å². The van der Waals surface area contributed by atoms with E-state index in [9.17, 15) is 5.11 Å². The van der Waals surface area contributed by atoms with E-state index < -0.39 is 0 Å². The van der Waals surface area contributed by atoms with Crippen molar-refractivity contribution in [3.05, 3.63) is 35.4 Å². The van der Waals surface area contributed by atoms with E-state index >= 15 is 0 Å². The van der Waals surface area contributed by atoms with E-state index in [1.165, 1.54) is 12.0 Å². The Hall–Kier alpha value is -0.860. The molecule has 2 nitrogen and oxygen atoms in total. The molecule has 1 fully saturated rings. The smallest absolute Gasteiger partial charge is 0.0793 e. The van der Waals surface area contributed by atoms with Crippen molar-refractivity contribution in [3.8, 4) is 0 Å². The fourth-order valence-corrected chi connectivity index (χ4v) is 2.24. The topological polar surface area (TPSA) is 32.3 Å². The highest BCUT2D eigenvalue weighted by Gasteiger charge is 2.19. The average molecular weight is 205 g/mol. The van der Waals surface area contributed by atoms with Crippen molar-refractivity contribution < 1.29 is 5.11 Å². The van der Waals surface area contributed by atoms with E-state index in [0.29, 0.717) is 5.92 Å². The SMILES string of the molecule is Cc1cccc(C(O)CC2CCNC2)c1. The summed E-state index contributed by atoms with van der Waals surface area (Å²) in [6, 6.07) is 8.17. The van der Waals surface area contributed by atoms with Gasteiger partial charge in [-0.25, -0.2) is 0 Å². The summed E-state index contributed by atoms with van der Waals surface area (Å²) in [5, 5.41) is 13.4. The summed E-state index contributed by atoms with van der Waals surface area (Å²) in [7, 11) is 0. The third-order valence-corrected chi connectivity index (χ3v) is 3.15. The predicted molar refractivity (Wildman–Crippen MR) is 61.7 cm³/mol. The molecular weight excluding hydrogens is 186 g/mol. The molecule has 1 aliphatic heterocycles. The van der Waals surface area contributed by atoms with Gasteiger partial charge in [0.05, 0.1) is 6.10 Å². The Kier molecular flexibility index (Phi) is 3.39. The largest absolute Gasteiger partial charge is 0.388 e. The van der Waals surface area contributed by atoms with Crippen LogP contribution in [0.5, 0.6) is 0 Å². The standard InChI is InChI=1S/C13H19NO/c1-10-3-2-4-12(7-10)13(15)8-11-5-6-14-9-11/h2-4,7,11,13-15H,5-6,8-9H2,1H3. The Bertz CT molecular complexity index is 318. The number of nitrogens with one attached hydrogen (secondary N) is 1. The van der Waals surface area contributed by atoms with E-state index in [-0.39, 0.29) is 6.10 Å². The summed E-state index contributed by atoms with van der Waals surface area (Å²) in [5.74, 6) is 0.639. The molecule has 82 valence electrons. The summed E-state index contributed by atoms with van der Waals surface area (Å²) < 4.78 is 0. The van der Waals surface area contributed by atoms with Crippen molar-refractivity contribution in [1.82, 2.24) is 5.32 Å². The molecule has 0 saturated carbocycles. The molecular formula is C13H19NO. The highest BCUT2D eigenvalue weighted by Crippen LogP contribution is 2.24. The Morgan fingerprint density at radius 1 is 1.53 bits per heavy atom. The minimum Gasteiger partial charge on any atom is -0.388 e. The lowest BCUT2D eigenvalue weighted by Gasteiger charge is -2.15. The maximum atomic E-state index is 10.1. The second-order valence-electron chi connectivity index (χ2n) is 4.52. The van der Waals surface area contributed by atoms with Crippen molar-refractivity contribution in [3.63, 3.8) is 0 Å². The maximum Gasteiger partial charge on any atom is 0.0793 e. The average Bonchev–Trinajstić information content (AvgIpc) is 2.70. The van der Waals surface area contributed by atoms with Crippen LogP contribution in [0.1, 0.15) is 30.1 Å². The van der Waals surface area contributed by atoms with Gasteiger partial charge in [-0.05, 0) is 44.3 Å². The first kappa shape index (κ1) is 10.7. The molecule has 0 amide bonds. The lowest BCUT2D eigenvalue weighted by Crippen LogP contribution is -2.12. The van der Waals surface area contributed by atoms with E-state index in [4.69, 9.17) is 0 Å². The van der Waals surface area contributed by atoms with Gasteiger partial charge in [0.15, 0.2) is 0 Å². The molecule has 0 aromatic heterocycles. The normalized spacial score (nSPS) is 22.9. The quantitative estimate of drug-likeness (QED) is 0.791. The molecule has 2 unspecified atom stereocenters. The van der Waals surface area contributed by atoms with Crippen molar-refractivity contribution >= 4 is 0 Å². The minimum absolute atomic E-state index is 0.296. The van der Waals surface area contributed by atoms with Crippen LogP contribution in [-0.4, -0.2) is 18.2 Å². The fourth-order valence-electron chi connectivity index (χ4n) is 2.24. The van der Waals surface area contributed by atoms with Crippen LogP contribution in [0.15, 0.2) is 24.3 Å². The van der Waals surface area contributed by atoms with Crippen LogP contribution in [0.4, 0.5) is 0 Å². The van der Waals surface area contributed by atoms with E-state index in [0.717, 1.165) is 25.1 Å². The number of benzene rings is 1. The molecule has 1 aromatic carbocycles. The first-order valence-corrected chi connectivity index (χ1v) is 5.71. The molecule has 1 aromatic rings. The van der Waals surface area contributed by atoms with Gasteiger partial charge >= 0.3 is 0 Å². The number of aliphatic hydroxyl groups is 1. The Morgan fingerprint density at radius 3 is 3.07 bits per heavy atom. The van der Waals surface area contributed by atoms with Gasteiger partial charge < -0.3 is 10.4 Å². The monoisotopic (exact) mass is 205 g/mol. The maximum absolute atomic E-state index is 10.1. The number of aryl methyl sites for hydroxylation is 1. The van der Waals surface area contributed by atoms with E-state index in [1.807, 2.05) is 12.1 Å². The van der Waals surface area contributed by atoms with E-state index in [2.05, 4.69) is 24.4 Å². The van der Waals surface area contributed by atoms with Gasteiger partial charge in [-0.1, -0.05) is 29.8 Å². The highest BCUT2D eigenvalue weighted by atomic mass is 16.3. The summed E-state index contributed by atoms with van der Waals surface area (Å²) >= 11 is 0. The lowest BCUT2D eigenvalue weighted by molar-refractivity contribution is 0.147. The summed E-state index contributed by atoms with van der Waals surface area (Å²) in [6.07, 6.45) is 1.79. The van der Waals surface area contributed by atoms with Gasteiger partial charge in [0.2, 0.25) is 0 Å². The molecule has 0 aliphatic carbocycles. The molecule has 0 bridgehead atoms. The van der Waals surface area contributed by atoms with Gasteiger partial charge in [0, 0.05) is 0 Å². The van der Waals surface area contributed by atoms with Crippen LogP contribution in [0, 0.1) is 12.8 Å². The Labute approximate surface area is 91.3 Å². The molecule has 2 N–H and O–H groups in total.